The molecule has 0 N–H and O–H groups in total. The minimum atomic E-state index is -0.0239. The van der Waals surface area contributed by atoms with Gasteiger partial charge in [0.25, 0.3) is 0 Å². The molecule has 0 bridgehead atoms. The Bertz CT molecular complexity index is 318. The predicted molar refractivity (Wildman–Crippen MR) is 84.8 cm³/mol. The lowest BCUT2D eigenvalue weighted by atomic mass is 10.1. The first-order valence-corrected chi connectivity index (χ1v) is 7.84. The molecule has 0 spiro atoms. The zero-order valence-electron chi connectivity index (χ0n) is 14.6. The molecule has 130 valence electrons. The third kappa shape index (κ3) is 11.7. The first-order valence-electron chi connectivity index (χ1n) is 7.84. The van der Waals surface area contributed by atoms with Gasteiger partial charge in [-0.1, -0.05) is 27.7 Å². The second-order valence-electron chi connectivity index (χ2n) is 6.01. The summed E-state index contributed by atoms with van der Waals surface area (Å²) in [6.07, 6.45) is 0. The molecule has 22 heavy (non-hydrogen) atoms. The molecule has 0 unspecified atom stereocenters. The number of hydrogen-bond donors (Lipinski definition) is 0. The fraction of sp³-hybridized carbons (Fsp3) is 0.875. The van der Waals surface area contributed by atoms with E-state index in [0.29, 0.717) is 32.3 Å². The molecule has 0 aromatic rings. The Hall–Kier alpha value is -0.980. The number of rotatable bonds is 13. The summed E-state index contributed by atoms with van der Waals surface area (Å²) in [7, 11) is 1.78. The Labute approximate surface area is 134 Å². The fourth-order valence-electron chi connectivity index (χ4n) is 1.60. The minimum Gasteiger partial charge on any atom is -0.377 e. The van der Waals surface area contributed by atoms with E-state index in [0.717, 1.165) is 6.54 Å². The minimum absolute atomic E-state index is 0.000632. The molecule has 0 saturated carbocycles. The SMILES string of the molecule is CC(C)CN(C)C(=O)COCCOCCOCC(=O)C(C)C. The number of likely N-dealkylation sites (N-methyl/N-ethyl adjacent to an activating group) is 1. The van der Waals surface area contributed by atoms with Crippen molar-refractivity contribution < 1.29 is 23.8 Å². The van der Waals surface area contributed by atoms with Crippen LogP contribution in [-0.2, 0) is 23.8 Å². The van der Waals surface area contributed by atoms with Crippen molar-refractivity contribution in [3.8, 4) is 0 Å². The van der Waals surface area contributed by atoms with Gasteiger partial charge in [-0.3, -0.25) is 9.59 Å². The zero-order chi connectivity index (χ0) is 17.0. The summed E-state index contributed by atoms with van der Waals surface area (Å²) < 4.78 is 15.8. The topological polar surface area (TPSA) is 65.1 Å². The van der Waals surface area contributed by atoms with Crippen LogP contribution in [0.5, 0.6) is 0 Å². The van der Waals surface area contributed by atoms with E-state index in [1.807, 2.05) is 13.8 Å². The Kier molecular flexibility index (Phi) is 12.0. The van der Waals surface area contributed by atoms with Gasteiger partial charge in [-0.05, 0) is 5.92 Å². The highest BCUT2D eigenvalue weighted by atomic mass is 16.5. The second-order valence-corrected chi connectivity index (χ2v) is 6.01. The van der Waals surface area contributed by atoms with E-state index < -0.39 is 0 Å². The monoisotopic (exact) mass is 317 g/mol. The summed E-state index contributed by atoms with van der Waals surface area (Å²) in [6.45, 7) is 10.3. The van der Waals surface area contributed by atoms with Crippen molar-refractivity contribution >= 4 is 11.7 Å². The molecule has 1 amide bonds. The zero-order valence-corrected chi connectivity index (χ0v) is 14.6. The molecular formula is C16H31NO5. The molecule has 0 radical (unpaired) electrons. The first-order chi connectivity index (χ1) is 10.3. The molecule has 0 fully saturated rings. The van der Waals surface area contributed by atoms with E-state index in [1.165, 1.54) is 0 Å². The molecule has 6 nitrogen and oxygen atoms in total. The molecular weight excluding hydrogens is 286 g/mol. The van der Waals surface area contributed by atoms with Crippen molar-refractivity contribution in [2.24, 2.45) is 11.8 Å². The highest BCUT2D eigenvalue weighted by Gasteiger charge is 2.10. The summed E-state index contributed by atoms with van der Waals surface area (Å²) >= 11 is 0. The predicted octanol–water partition coefficient (Wildman–Crippen LogP) is 1.38. The van der Waals surface area contributed by atoms with E-state index in [-0.39, 0.29) is 30.8 Å². The summed E-state index contributed by atoms with van der Waals surface area (Å²) in [4.78, 5) is 24.6. The highest BCUT2D eigenvalue weighted by Crippen LogP contribution is 1.97. The first kappa shape index (κ1) is 21.0. The molecule has 6 heteroatoms. The molecule has 0 aromatic carbocycles. The lowest BCUT2D eigenvalue weighted by Crippen LogP contribution is -2.33. The van der Waals surface area contributed by atoms with Gasteiger partial charge in [0.1, 0.15) is 13.2 Å². The number of Topliss-reactive ketones (excluding diaryl/α,β-unsaturated/α-hetero) is 1. The molecule has 0 atom stereocenters. The summed E-state index contributed by atoms with van der Waals surface area (Å²) in [6, 6.07) is 0. The maximum Gasteiger partial charge on any atom is 0.248 e. The Morgan fingerprint density at radius 2 is 1.36 bits per heavy atom. The fourth-order valence-corrected chi connectivity index (χ4v) is 1.60. The van der Waals surface area contributed by atoms with Crippen LogP contribution in [0.25, 0.3) is 0 Å². The number of ether oxygens (including phenoxy) is 3. The molecule has 0 rings (SSSR count). The maximum atomic E-state index is 11.7. The van der Waals surface area contributed by atoms with Crippen LogP contribution >= 0.6 is 0 Å². The average Bonchev–Trinajstić information content (AvgIpc) is 2.43. The smallest absolute Gasteiger partial charge is 0.248 e. The van der Waals surface area contributed by atoms with Gasteiger partial charge in [-0.2, -0.15) is 0 Å². The van der Waals surface area contributed by atoms with Gasteiger partial charge >= 0.3 is 0 Å². The average molecular weight is 317 g/mol. The van der Waals surface area contributed by atoms with Crippen LogP contribution in [-0.4, -0.2) is 69.8 Å². The summed E-state index contributed by atoms with van der Waals surface area (Å²) in [5.41, 5.74) is 0. The van der Waals surface area contributed by atoms with E-state index in [4.69, 9.17) is 14.2 Å². The third-order valence-electron chi connectivity index (χ3n) is 2.92. The van der Waals surface area contributed by atoms with Gasteiger partial charge in [0.2, 0.25) is 5.91 Å². The molecule has 0 aliphatic rings. The number of amides is 1. The second kappa shape index (κ2) is 12.6. The molecule has 0 heterocycles. The standard InChI is InChI=1S/C16H31NO5/c1-13(2)10-17(5)16(19)12-22-9-7-20-6-8-21-11-15(18)14(3)4/h13-14H,6-12H2,1-5H3. The number of ketones is 1. The van der Waals surface area contributed by atoms with Crippen molar-refractivity contribution in [3.05, 3.63) is 0 Å². The Morgan fingerprint density at radius 3 is 1.86 bits per heavy atom. The van der Waals surface area contributed by atoms with Crippen molar-refractivity contribution in [1.82, 2.24) is 4.90 Å². The molecule has 0 aliphatic carbocycles. The quantitative estimate of drug-likeness (QED) is 0.480. The normalized spacial score (nSPS) is 11.2. The molecule has 0 aliphatic heterocycles. The van der Waals surface area contributed by atoms with E-state index in [1.54, 1.807) is 11.9 Å². The van der Waals surface area contributed by atoms with Gasteiger partial charge in [-0.15, -0.1) is 0 Å². The largest absolute Gasteiger partial charge is 0.377 e. The van der Waals surface area contributed by atoms with Gasteiger partial charge in [0.05, 0.1) is 26.4 Å². The number of carbonyl (C=O) groups excluding carboxylic acids is 2. The van der Waals surface area contributed by atoms with E-state index >= 15 is 0 Å². The summed E-state index contributed by atoms with van der Waals surface area (Å²) in [5, 5.41) is 0. The number of carbonyl (C=O) groups is 2. The van der Waals surface area contributed by atoms with Crippen LogP contribution in [0.4, 0.5) is 0 Å². The highest BCUT2D eigenvalue weighted by molar-refractivity contribution is 5.81. The van der Waals surface area contributed by atoms with Crippen molar-refractivity contribution in [3.63, 3.8) is 0 Å². The van der Waals surface area contributed by atoms with Crippen molar-refractivity contribution in [1.29, 1.82) is 0 Å². The van der Waals surface area contributed by atoms with Crippen LogP contribution in [0.15, 0.2) is 0 Å². The van der Waals surface area contributed by atoms with Gasteiger partial charge in [0.15, 0.2) is 5.78 Å². The number of nitrogens with zero attached hydrogens (tertiary/aromatic N) is 1. The lowest BCUT2D eigenvalue weighted by molar-refractivity contribution is -0.135. The summed E-state index contributed by atoms with van der Waals surface area (Å²) in [5.74, 6) is 0.511. The van der Waals surface area contributed by atoms with Gasteiger partial charge in [0, 0.05) is 19.5 Å². The van der Waals surface area contributed by atoms with Crippen LogP contribution in [0.1, 0.15) is 27.7 Å². The van der Waals surface area contributed by atoms with Crippen LogP contribution in [0, 0.1) is 11.8 Å². The molecule has 0 aromatic heterocycles. The van der Waals surface area contributed by atoms with Crippen LogP contribution < -0.4 is 0 Å². The molecule has 0 saturated heterocycles. The van der Waals surface area contributed by atoms with E-state index in [2.05, 4.69) is 13.8 Å². The van der Waals surface area contributed by atoms with Crippen molar-refractivity contribution in [2.45, 2.75) is 27.7 Å². The Balaban J connectivity index is 3.40. The lowest BCUT2D eigenvalue weighted by Gasteiger charge is -2.19. The maximum absolute atomic E-state index is 11.7. The van der Waals surface area contributed by atoms with Gasteiger partial charge in [-0.25, -0.2) is 0 Å². The van der Waals surface area contributed by atoms with Crippen LogP contribution in [0.3, 0.4) is 0 Å². The number of hydrogen-bond acceptors (Lipinski definition) is 5. The third-order valence-corrected chi connectivity index (χ3v) is 2.92. The van der Waals surface area contributed by atoms with Crippen molar-refractivity contribution in [2.75, 3.05) is 53.2 Å². The van der Waals surface area contributed by atoms with Crippen LogP contribution in [0.2, 0.25) is 0 Å². The Morgan fingerprint density at radius 1 is 0.864 bits per heavy atom. The van der Waals surface area contributed by atoms with Gasteiger partial charge < -0.3 is 19.1 Å². The van der Waals surface area contributed by atoms with E-state index in [9.17, 15) is 9.59 Å².